The van der Waals surface area contributed by atoms with Crippen LogP contribution >= 0.6 is 0 Å². The zero-order valence-corrected chi connectivity index (χ0v) is 41.7. The number of phenols is 4. The lowest BCUT2D eigenvalue weighted by Gasteiger charge is -2.37. The van der Waals surface area contributed by atoms with Crippen LogP contribution in [-0.4, -0.2) is 85.3 Å². The molecule has 0 bridgehead atoms. The number of aliphatic hydroxyl groups is 1. The number of hydrogen-bond donors (Lipinski definition) is 9. The van der Waals surface area contributed by atoms with E-state index in [4.69, 9.17) is 13.9 Å². The van der Waals surface area contributed by atoms with Crippen molar-refractivity contribution in [3.8, 4) is 34.5 Å². The van der Waals surface area contributed by atoms with Gasteiger partial charge in [0.2, 0.25) is 0 Å². The lowest BCUT2D eigenvalue weighted by molar-refractivity contribution is 0.0172. The van der Waals surface area contributed by atoms with E-state index < -0.39 is 105 Å². The van der Waals surface area contributed by atoms with Gasteiger partial charge in [0.25, 0.3) is 20.2 Å². The minimum atomic E-state index is -4.98. The van der Waals surface area contributed by atoms with Crippen LogP contribution in [0.3, 0.4) is 0 Å². The Morgan fingerprint density at radius 2 is 1.21 bits per heavy atom. The number of azo groups is 2. The third kappa shape index (κ3) is 11.7. The first kappa shape index (κ1) is 54.3. The molecule has 6 aromatic rings. The zero-order chi connectivity index (χ0) is 55.1. The van der Waals surface area contributed by atoms with Gasteiger partial charge in [0.05, 0.1) is 45.1 Å². The molecule has 0 fully saturated rings. The predicted molar refractivity (Wildman–Crippen MR) is 268 cm³/mol. The summed E-state index contributed by atoms with van der Waals surface area (Å²) in [7, 11) is -9.95. The number of aryl methyl sites for hydroxylation is 1. The largest absolute Gasteiger partial charge is 0.508 e. The second-order valence-electron chi connectivity index (χ2n) is 17.7. The Balaban J connectivity index is 0.000000255. The van der Waals surface area contributed by atoms with E-state index in [0.717, 1.165) is 90.0 Å². The maximum Gasteiger partial charge on any atom is 0.338 e. The molecule has 8 rings (SSSR count). The molecule has 5 aromatic carbocycles. The quantitative estimate of drug-likeness (QED) is 0.0238. The number of aliphatic hydroxyl groups excluding tert-OH is 1. The van der Waals surface area contributed by atoms with Gasteiger partial charge in [0, 0.05) is 24.1 Å². The molecular formula is C50H46N4O19S2. The van der Waals surface area contributed by atoms with E-state index in [2.05, 4.69) is 27.4 Å². The molecule has 2 aliphatic heterocycles. The van der Waals surface area contributed by atoms with E-state index in [1.807, 2.05) is 39.8 Å². The number of carboxylic acid groups (broad SMARTS) is 2. The van der Waals surface area contributed by atoms with Crippen molar-refractivity contribution >= 4 is 84.1 Å². The monoisotopic (exact) mass is 1070 g/mol. The molecule has 392 valence electrons. The number of rotatable bonds is 12. The van der Waals surface area contributed by atoms with Crippen molar-refractivity contribution in [1.82, 2.24) is 0 Å². The first-order valence-electron chi connectivity index (χ1n) is 22.3. The van der Waals surface area contributed by atoms with Crippen LogP contribution in [-0.2, 0) is 26.7 Å². The van der Waals surface area contributed by atoms with E-state index in [9.17, 15) is 76.1 Å². The van der Waals surface area contributed by atoms with Crippen LogP contribution in [0.2, 0.25) is 0 Å². The maximum atomic E-state index is 12.3. The fraction of sp³-hybridized carbons (Fsp3) is 0.220. The van der Waals surface area contributed by atoms with Crippen LogP contribution in [0, 0.1) is 5.92 Å². The van der Waals surface area contributed by atoms with Gasteiger partial charge in [-0.2, -0.15) is 27.1 Å². The first-order valence-corrected chi connectivity index (χ1v) is 25.2. The number of nitrogens with zero attached hydrogens (tertiary/aromatic N) is 4. The Labute approximate surface area is 425 Å². The van der Waals surface area contributed by atoms with E-state index in [0.29, 0.717) is 22.6 Å². The van der Waals surface area contributed by atoms with Gasteiger partial charge < -0.3 is 49.6 Å². The number of benzene rings is 5. The van der Waals surface area contributed by atoms with Crippen molar-refractivity contribution in [2.45, 2.75) is 75.1 Å². The van der Waals surface area contributed by atoms with Crippen molar-refractivity contribution in [1.29, 1.82) is 0 Å². The van der Waals surface area contributed by atoms with E-state index in [-0.39, 0.29) is 34.5 Å². The number of phenolic OH excluding ortho intramolecular Hbond substituents is 4. The SMILES string of the molecule is CCCc1cc(=O)oc2c3c(c4c(c12)OC(C)(C)C=C4)O[C@H](C)[C@@H](C)[C@@H]3O.O=C(O)c1cc(O)cc(O)c1N=Nc1ccc(/C=C/c2ccc(N=Nc3c(O)cc(O)cc3C(=O)O)cc2S(=O)(=O)O)c(S(=O)(=O)O)c1. The molecule has 2 aliphatic rings. The summed E-state index contributed by atoms with van der Waals surface area (Å²) >= 11 is 0. The van der Waals surface area contributed by atoms with Gasteiger partial charge in [0.1, 0.15) is 67.4 Å². The van der Waals surface area contributed by atoms with Crippen molar-refractivity contribution in [2.24, 2.45) is 26.4 Å². The summed E-state index contributed by atoms with van der Waals surface area (Å²) in [4.78, 5) is 33.7. The van der Waals surface area contributed by atoms with Crippen LogP contribution in [0.1, 0.15) is 95.7 Å². The molecule has 0 saturated heterocycles. The third-order valence-electron chi connectivity index (χ3n) is 11.8. The van der Waals surface area contributed by atoms with Crippen LogP contribution in [0.15, 0.2) is 112 Å². The number of hydrogen-bond acceptors (Lipinski definition) is 19. The van der Waals surface area contributed by atoms with Gasteiger partial charge in [-0.1, -0.05) is 44.6 Å². The molecule has 0 radical (unpaired) electrons. The molecule has 0 saturated carbocycles. The van der Waals surface area contributed by atoms with Gasteiger partial charge in [-0.3, -0.25) is 9.11 Å². The second-order valence-corrected chi connectivity index (χ2v) is 20.4. The molecule has 9 N–H and O–H groups in total. The molecule has 0 unspecified atom stereocenters. The highest BCUT2D eigenvalue weighted by atomic mass is 32.2. The highest BCUT2D eigenvalue weighted by molar-refractivity contribution is 7.86. The van der Waals surface area contributed by atoms with Gasteiger partial charge in [-0.15, -0.1) is 10.2 Å². The summed E-state index contributed by atoms with van der Waals surface area (Å²) in [5.74, 6) is -4.70. The fourth-order valence-electron chi connectivity index (χ4n) is 8.01. The maximum absolute atomic E-state index is 12.3. The number of fused-ring (bicyclic) bond motifs is 6. The molecule has 0 spiro atoms. The van der Waals surface area contributed by atoms with E-state index in [1.54, 1.807) is 0 Å². The van der Waals surface area contributed by atoms with Gasteiger partial charge in [-0.05, 0) is 92.4 Å². The lowest BCUT2D eigenvalue weighted by Crippen LogP contribution is -2.34. The second kappa shape index (κ2) is 20.8. The van der Waals surface area contributed by atoms with Crippen LogP contribution < -0.4 is 15.1 Å². The van der Waals surface area contributed by atoms with Crippen molar-refractivity contribution in [3.05, 3.63) is 122 Å². The van der Waals surface area contributed by atoms with Crippen LogP contribution in [0.25, 0.3) is 29.2 Å². The highest BCUT2D eigenvalue weighted by Crippen LogP contribution is 2.52. The third-order valence-corrected chi connectivity index (χ3v) is 13.6. The topological polar surface area (TPSA) is 383 Å². The average Bonchev–Trinajstić information content (AvgIpc) is 3.31. The predicted octanol–water partition coefficient (Wildman–Crippen LogP) is 9.78. The highest BCUT2D eigenvalue weighted by Gasteiger charge is 2.40. The molecule has 75 heavy (non-hydrogen) atoms. The van der Waals surface area contributed by atoms with Gasteiger partial charge >= 0.3 is 17.6 Å². The molecule has 1 aromatic heterocycles. The Morgan fingerprint density at radius 1 is 0.720 bits per heavy atom. The minimum Gasteiger partial charge on any atom is -0.508 e. The van der Waals surface area contributed by atoms with Crippen molar-refractivity contribution in [3.63, 3.8) is 0 Å². The van der Waals surface area contributed by atoms with Crippen molar-refractivity contribution < 1.29 is 85.2 Å². The number of carbonyl (C=O) groups is 2. The molecule has 23 nitrogen and oxygen atoms in total. The smallest absolute Gasteiger partial charge is 0.338 e. The standard InChI is InChI=1S/C28H20N4O14S2.C22H26O5/c33-17-9-19(27(37)38)25(21(35)11-17)31-29-15-5-3-13(23(7-15)47(41,42)43)1-2-14-4-6-16(8-24(14)48(44,45)46)30-32-26-20(28(39)40)10-18(34)12-22(26)36;1-6-7-13-10-15(23)26-21-16(13)20-14(8-9-22(4,5)27-20)19-17(21)18(24)11(2)12(3)25-19/h1-12,33-36H,(H,37,38)(H,39,40)(H,41,42,43)(H,44,45,46);8-12,18,24H,6-7H2,1-5H3/b2-1+,31-29?,32-30?;/t;11-,12-,18+/m.1/s1. The van der Waals surface area contributed by atoms with Crippen LogP contribution in [0.4, 0.5) is 22.7 Å². The van der Waals surface area contributed by atoms with Crippen LogP contribution in [0.5, 0.6) is 34.5 Å². The number of ether oxygens (including phenoxy) is 2. The minimum absolute atomic E-state index is 0.121. The molecule has 0 amide bonds. The fourth-order valence-corrected chi connectivity index (χ4v) is 9.42. The lowest BCUT2D eigenvalue weighted by atomic mass is 9.85. The van der Waals surface area contributed by atoms with E-state index in [1.165, 1.54) is 18.2 Å². The number of aromatic hydroxyl groups is 4. The summed E-state index contributed by atoms with van der Waals surface area (Å²) < 4.78 is 86.5. The molecular weight excluding hydrogens is 1020 g/mol. The zero-order valence-electron chi connectivity index (χ0n) is 40.0. The Bertz CT molecular complexity index is 3590. The summed E-state index contributed by atoms with van der Waals surface area (Å²) in [5, 5.41) is 84.1. The van der Waals surface area contributed by atoms with E-state index >= 15 is 0 Å². The number of aromatic carboxylic acids is 2. The summed E-state index contributed by atoms with van der Waals surface area (Å²) in [6.45, 7) is 9.91. The molecule has 3 heterocycles. The normalized spacial score (nSPS) is 17.0. The first-order chi connectivity index (χ1) is 35.1. The summed E-state index contributed by atoms with van der Waals surface area (Å²) in [5.41, 5.74) is -1.60. The molecule has 3 atom stereocenters. The Kier molecular flexibility index (Phi) is 15.0. The molecule has 25 heteroatoms. The summed E-state index contributed by atoms with van der Waals surface area (Å²) in [6.07, 6.45) is 6.75. The summed E-state index contributed by atoms with van der Waals surface area (Å²) in [6, 6.07) is 10.9. The van der Waals surface area contributed by atoms with Gasteiger partial charge in [-0.25, -0.2) is 14.4 Å². The molecule has 0 aliphatic carbocycles. The average molecular weight is 1070 g/mol. The Hall–Kier alpha value is -8.49. The van der Waals surface area contributed by atoms with Crippen molar-refractivity contribution in [2.75, 3.05) is 0 Å². The Morgan fingerprint density at radius 3 is 1.67 bits per heavy atom. The number of carboxylic acids is 2. The van der Waals surface area contributed by atoms with Gasteiger partial charge in [0.15, 0.2) is 5.58 Å².